The summed E-state index contributed by atoms with van der Waals surface area (Å²) in [7, 11) is 1.72. The van der Waals surface area contributed by atoms with Crippen LogP contribution in [-0.2, 0) is 4.74 Å². The van der Waals surface area contributed by atoms with Crippen LogP contribution in [0.1, 0.15) is 25.2 Å². The second kappa shape index (κ2) is 7.94. The molecule has 0 radical (unpaired) electrons. The van der Waals surface area contributed by atoms with Gasteiger partial charge in [0.25, 0.3) is 0 Å². The van der Waals surface area contributed by atoms with Crippen LogP contribution < -0.4 is 16.1 Å². The first-order valence-electron chi connectivity index (χ1n) is 8.15. The summed E-state index contributed by atoms with van der Waals surface area (Å²) < 4.78 is 5.08. The van der Waals surface area contributed by atoms with Crippen molar-refractivity contribution in [1.29, 1.82) is 0 Å². The molecule has 3 heterocycles. The highest BCUT2D eigenvalue weighted by Crippen LogP contribution is 2.17. The molecule has 0 fully saturated rings. The number of methoxy groups -OCH3 is 1. The van der Waals surface area contributed by atoms with Gasteiger partial charge in [-0.05, 0) is 37.6 Å². The standard InChI is InChI=1S/C17H24N6O/c1-13-12-16(21-17(19-13)14-6-3-4-8-18-14)20-15-7-10-23(22-15)9-5-11-24-2/h3-4,6-8,10,12,15,17,19,22H,5,9,11H2,1-2H3,(H,20,21). The zero-order valence-electron chi connectivity index (χ0n) is 14.1. The monoisotopic (exact) mass is 328 g/mol. The van der Waals surface area contributed by atoms with E-state index in [1.165, 1.54) is 0 Å². The Morgan fingerprint density at radius 2 is 2.29 bits per heavy atom. The summed E-state index contributed by atoms with van der Waals surface area (Å²) in [5.74, 6) is 0.836. The molecule has 128 valence electrons. The fourth-order valence-corrected chi connectivity index (χ4v) is 2.64. The SMILES string of the molecule is COCCCN1C=CC(NC2=NC(c3ccccn3)NC(C)=C2)N1. The molecule has 1 aromatic rings. The highest BCUT2D eigenvalue weighted by Gasteiger charge is 2.20. The lowest BCUT2D eigenvalue weighted by atomic mass is 10.2. The van der Waals surface area contributed by atoms with E-state index in [9.17, 15) is 0 Å². The zero-order valence-corrected chi connectivity index (χ0v) is 14.1. The molecule has 2 atom stereocenters. The molecule has 7 nitrogen and oxygen atoms in total. The van der Waals surface area contributed by atoms with Gasteiger partial charge >= 0.3 is 0 Å². The molecule has 0 aromatic carbocycles. The summed E-state index contributed by atoms with van der Waals surface area (Å²) in [6.07, 6.45) is 8.75. The molecule has 0 amide bonds. The summed E-state index contributed by atoms with van der Waals surface area (Å²) in [6, 6.07) is 5.85. The third-order valence-corrected chi connectivity index (χ3v) is 3.77. The number of nitrogens with one attached hydrogen (secondary N) is 3. The molecule has 0 aliphatic carbocycles. The van der Waals surface area contributed by atoms with E-state index in [4.69, 9.17) is 9.73 Å². The molecule has 0 saturated heterocycles. The Labute approximate surface area is 142 Å². The first-order chi connectivity index (χ1) is 11.7. The van der Waals surface area contributed by atoms with Gasteiger partial charge in [-0.1, -0.05) is 6.07 Å². The summed E-state index contributed by atoms with van der Waals surface area (Å²) in [6.45, 7) is 3.69. The van der Waals surface area contributed by atoms with Gasteiger partial charge in [-0.15, -0.1) is 0 Å². The van der Waals surface area contributed by atoms with Crippen molar-refractivity contribution in [3.05, 3.63) is 54.1 Å². The molecule has 3 N–H and O–H groups in total. The number of hydrogen-bond acceptors (Lipinski definition) is 7. The number of allylic oxidation sites excluding steroid dienone is 1. The van der Waals surface area contributed by atoms with Gasteiger partial charge in [0.2, 0.25) is 0 Å². The van der Waals surface area contributed by atoms with E-state index < -0.39 is 0 Å². The number of aromatic nitrogens is 1. The molecule has 0 spiro atoms. The van der Waals surface area contributed by atoms with Gasteiger partial charge in [-0.25, -0.2) is 10.4 Å². The predicted molar refractivity (Wildman–Crippen MR) is 93.7 cm³/mol. The highest BCUT2D eigenvalue weighted by atomic mass is 16.5. The maximum atomic E-state index is 5.08. The molecule has 2 unspecified atom stereocenters. The van der Waals surface area contributed by atoms with Crippen molar-refractivity contribution in [2.45, 2.75) is 25.7 Å². The maximum Gasteiger partial charge on any atom is 0.163 e. The minimum absolute atomic E-state index is 0.0258. The van der Waals surface area contributed by atoms with Crippen molar-refractivity contribution in [2.75, 3.05) is 20.3 Å². The molecule has 0 bridgehead atoms. The second-order valence-corrected chi connectivity index (χ2v) is 5.78. The van der Waals surface area contributed by atoms with Crippen molar-refractivity contribution in [3.8, 4) is 0 Å². The largest absolute Gasteiger partial charge is 0.385 e. The van der Waals surface area contributed by atoms with Gasteiger partial charge in [0.15, 0.2) is 6.17 Å². The summed E-state index contributed by atoms with van der Waals surface area (Å²) in [5.41, 5.74) is 5.34. The second-order valence-electron chi connectivity index (χ2n) is 5.78. The van der Waals surface area contributed by atoms with E-state index >= 15 is 0 Å². The quantitative estimate of drug-likeness (QED) is 0.683. The van der Waals surface area contributed by atoms with Crippen molar-refractivity contribution in [1.82, 2.24) is 26.1 Å². The van der Waals surface area contributed by atoms with Crippen LogP contribution in [0.2, 0.25) is 0 Å². The van der Waals surface area contributed by atoms with Gasteiger partial charge in [0.1, 0.15) is 12.0 Å². The Kier molecular flexibility index (Phi) is 5.45. The summed E-state index contributed by atoms with van der Waals surface area (Å²) in [5, 5.41) is 8.80. The molecule has 24 heavy (non-hydrogen) atoms. The Hall–Kier alpha value is -2.38. The fraction of sp³-hybridized carbons (Fsp3) is 0.412. The molecule has 2 aliphatic rings. The van der Waals surface area contributed by atoms with Crippen molar-refractivity contribution in [3.63, 3.8) is 0 Å². The molecular weight excluding hydrogens is 304 g/mol. The van der Waals surface area contributed by atoms with Crippen LogP contribution in [0.5, 0.6) is 0 Å². The molecule has 2 aliphatic heterocycles. The minimum Gasteiger partial charge on any atom is -0.385 e. The first kappa shape index (κ1) is 16.5. The van der Waals surface area contributed by atoms with E-state index in [-0.39, 0.29) is 12.3 Å². The lowest BCUT2D eigenvalue weighted by Crippen LogP contribution is -2.47. The number of rotatable bonds is 6. The zero-order chi connectivity index (χ0) is 16.8. The van der Waals surface area contributed by atoms with Crippen LogP contribution in [0.15, 0.2) is 53.4 Å². The number of amidine groups is 1. The van der Waals surface area contributed by atoms with E-state index in [1.807, 2.05) is 37.4 Å². The molecule has 3 rings (SSSR count). The smallest absolute Gasteiger partial charge is 0.163 e. The third-order valence-electron chi connectivity index (χ3n) is 3.77. The van der Waals surface area contributed by atoms with Gasteiger partial charge in [0.05, 0.1) is 5.69 Å². The van der Waals surface area contributed by atoms with Crippen molar-refractivity contribution in [2.24, 2.45) is 4.99 Å². The highest BCUT2D eigenvalue weighted by molar-refractivity contribution is 5.94. The molecule has 0 saturated carbocycles. The number of hydrazine groups is 1. The van der Waals surface area contributed by atoms with Gasteiger partial charge in [-0.2, -0.15) is 0 Å². The van der Waals surface area contributed by atoms with Crippen molar-refractivity contribution < 1.29 is 4.74 Å². The van der Waals surface area contributed by atoms with Crippen LogP contribution >= 0.6 is 0 Å². The van der Waals surface area contributed by atoms with Gasteiger partial charge < -0.3 is 20.4 Å². The number of ether oxygens (including phenoxy) is 1. The minimum atomic E-state index is -0.165. The van der Waals surface area contributed by atoms with E-state index in [0.717, 1.165) is 36.8 Å². The predicted octanol–water partition coefficient (Wildman–Crippen LogP) is 1.27. The summed E-state index contributed by atoms with van der Waals surface area (Å²) in [4.78, 5) is 9.09. The Balaban J connectivity index is 1.58. The van der Waals surface area contributed by atoms with E-state index in [0.29, 0.717) is 0 Å². The van der Waals surface area contributed by atoms with Gasteiger partial charge in [0, 0.05) is 38.4 Å². The topological polar surface area (TPSA) is 73.8 Å². The van der Waals surface area contributed by atoms with Crippen LogP contribution in [0.25, 0.3) is 0 Å². The van der Waals surface area contributed by atoms with Crippen LogP contribution in [0, 0.1) is 0 Å². The fourth-order valence-electron chi connectivity index (χ4n) is 2.64. The normalized spacial score (nSPS) is 22.8. The number of aliphatic imine (C=N–C) groups is 1. The summed E-state index contributed by atoms with van der Waals surface area (Å²) >= 11 is 0. The molecule has 1 aromatic heterocycles. The Morgan fingerprint density at radius 3 is 3.08 bits per heavy atom. The number of hydrogen-bond donors (Lipinski definition) is 3. The first-order valence-corrected chi connectivity index (χ1v) is 8.15. The Bertz CT molecular complexity index is 627. The number of pyridine rings is 1. The number of nitrogens with zero attached hydrogens (tertiary/aromatic N) is 3. The average molecular weight is 328 g/mol. The lowest BCUT2D eigenvalue weighted by Gasteiger charge is -2.25. The lowest BCUT2D eigenvalue weighted by molar-refractivity contribution is 0.171. The Morgan fingerprint density at radius 1 is 1.38 bits per heavy atom. The third kappa shape index (κ3) is 4.33. The van der Waals surface area contributed by atoms with Crippen LogP contribution in [0.4, 0.5) is 0 Å². The van der Waals surface area contributed by atoms with E-state index in [1.54, 1.807) is 13.3 Å². The van der Waals surface area contributed by atoms with E-state index in [2.05, 4.69) is 32.1 Å². The average Bonchev–Trinajstić information content (AvgIpc) is 3.03. The molecular formula is C17H24N6O. The van der Waals surface area contributed by atoms with Gasteiger partial charge in [-0.3, -0.25) is 4.98 Å². The van der Waals surface area contributed by atoms with Crippen LogP contribution in [-0.4, -0.2) is 42.3 Å². The van der Waals surface area contributed by atoms with Crippen molar-refractivity contribution >= 4 is 5.84 Å². The molecule has 7 heteroatoms. The van der Waals surface area contributed by atoms with Crippen LogP contribution in [0.3, 0.4) is 0 Å². The maximum absolute atomic E-state index is 5.08.